The second kappa shape index (κ2) is 7.15. The number of carbonyl (C=O) groups is 1. The van der Waals surface area contributed by atoms with E-state index in [9.17, 15) is 4.79 Å². The third kappa shape index (κ3) is 3.34. The van der Waals surface area contributed by atoms with E-state index in [1.165, 1.54) is 0 Å². The molecule has 24 heavy (non-hydrogen) atoms. The molecule has 0 aliphatic rings. The summed E-state index contributed by atoms with van der Waals surface area (Å²) in [4.78, 5) is 16.5. The number of aromatic carboxylic acids is 1. The number of hydrogen-bond acceptors (Lipinski definition) is 3. The van der Waals surface area contributed by atoms with Crippen LogP contribution in [0.3, 0.4) is 0 Å². The second-order valence-electron chi connectivity index (χ2n) is 5.09. The minimum absolute atomic E-state index is 0.261. The lowest BCUT2D eigenvalue weighted by Gasteiger charge is -2.08. The highest BCUT2D eigenvalue weighted by molar-refractivity contribution is 9.10. The van der Waals surface area contributed by atoms with E-state index in [1.807, 2.05) is 18.2 Å². The number of nitrogens with zero attached hydrogens (tertiary/aromatic N) is 2. The number of thiazole rings is 1. The van der Waals surface area contributed by atoms with Gasteiger partial charge in [-0.2, -0.15) is 0 Å². The van der Waals surface area contributed by atoms with Crippen LogP contribution >= 0.6 is 27.3 Å². The lowest BCUT2D eigenvalue weighted by molar-refractivity contribution is 0.0697. The summed E-state index contributed by atoms with van der Waals surface area (Å²) in [7, 11) is 0. The highest BCUT2D eigenvalue weighted by Gasteiger charge is 2.09. The van der Waals surface area contributed by atoms with Crippen LogP contribution in [-0.4, -0.2) is 15.6 Å². The fraction of sp³-hybridized carbons (Fsp3) is 0.111. The molecule has 0 aliphatic carbocycles. The van der Waals surface area contributed by atoms with Gasteiger partial charge in [-0.1, -0.05) is 34.1 Å². The van der Waals surface area contributed by atoms with Crippen LogP contribution in [-0.2, 0) is 6.54 Å². The quantitative estimate of drug-likeness (QED) is 0.672. The zero-order valence-corrected chi connectivity index (χ0v) is 15.3. The van der Waals surface area contributed by atoms with E-state index in [0.29, 0.717) is 0 Å². The molecule has 1 aromatic heterocycles. The fourth-order valence-corrected chi connectivity index (χ4v) is 3.87. The molecule has 3 aromatic rings. The largest absolute Gasteiger partial charge is 0.478 e. The van der Waals surface area contributed by atoms with Gasteiger partial charge in [-0.25, -0.2) is 9.79 Å². The Hall–Kier alpha value is -2.18. The number of halogens is 1. The van der Waals surface area contributed by atoms with Gasteiger partial charge in [-0.15, -0.1) is 11.3 Å². The normalized spacial score (nSPS) is 11.7. The van der Waals surface area contributed by atoms with E-state index in [2.05, 4.69) is 43.9 Å². The summed E-state index contributed by atoms with van der Waals surface area (Å²) >= 11 is 5.17. The van der Waals surface area contributed by atoms with Crippen molar-refractivity contribution in [2.24, 2.45) is 4.99 Å². The maximum atomic E-state index is 10.9. The minimum atomic E-state index is -0.933. The van der Waals surface area contributed by atoms with Gasteiger partial charge in [0.2, 0.25) is 0 Å². The summed E-state index contributed by atoms with van der Waals surface area (Å²) < 4.78 is 3.19. The molecule has 3 rings (SSSR count). The molecule has 0 spiro atoms. The predicted molar refractivity (Wildman–Crippen MR) is 99.7 cm³/mol. The number of hydrogen-bond donors (Lipinski definition) is 1. The van der Waals surface area contributed by atoms with Crippen molar-refractivity contribution in [2.75, 3.05) is 0 Å². The van der Waals surface area contributed by atoms with Crippen LogP contribution in [0.5, 0.6) is 0 Å². The Morgan fingerprint density at radius 3 is 2.54 bits per heavy atom. The first-order valence-electron chi connectivity index (χ1n) is 7.41. The average molecular weight is 403 g/mol. The standard InChI is InChI=1S/C18H15BrN2O2S/c1-2-21-16(14-5-3-4-6-15(14)19)11-24-18(21)20-13-9-7-12(8-10-13)17(22)23/h3-11H,2H2,1H3,(H,22,23). The molecule has 4 nitrogen and oxygen atoms in total. The van der Waals surface area contributed by atoms with E-state index in [-0.39, 0.29) is 5.56 Å². The summed E-state index contributed by atoms with van der Waals surface area (Å²) in [6, 6.07) is 14.7. The molecule has 6 heteroatoms. The third-order valence-corrected chi connectivity index (χ3v) is 5.16. The second-order valence-corrected chi connectivity index (χ2v) is 6.78. The lowest BCUT2D eigenvalue weighted by atomic mass is 10.2. The topological polar surface area (TPSA) is 54.6 Å². The maximum Gasteiger partial charge on any atom is 0.335 e. The molecule has 1 heterocycles. The number of benzene rings is 2. The first kappa shape index (κ1) is 16.7. The third-order valence-electron chi connectivity index (χ3n) is 3.60. The molecule has 0 amide bonds. The number of rotatable bonds is 4. The summed E-state index contributed by atoms with van der Waals surface area (Å²) in [6.45, 7) is 2.88. The molecule has 0 saturated heterocycles. The van der Waals surface area contributed by atoms with Crippen LogP contribution in [0.4, 0.5) is 5.69 Å². The maximum absolute atomic E-state index is 10.9. The Balaban J connectivity index is 2.06. The molecular weight excluding hydrogens is 388 g/mol. The van der Waals surface area contributed by atoms with Gasteiger partial charge in [0.1, 0.15) is 0 Å². The van der Waals surface area contributed by atoms with Crippen LogP contribution in [0.1, 0.15) is 17.3 Å². The van der Waals surface area contributed by atoms with Gasteiger partial charge in [0.25, 0.3) is 0 Å². The van der Waals surface area contributed by atoms with Crippen molar-refractivity contribution >= 4 is 38.9 Å². The van der Waals surface area contributed by atoms with E-state index in [1.54, 1.807) is 35.6 Å². The Labute approximate surface area is 151 Å². The summed E-state index contributed by atoms with van der Waals surface area (Å²) in [5, 5.41) is 11.1. The minimum Gasteiger partial charge on any atom is -0.478 e. The van der Waals surface area contributed by atoms with Crippen LogP contribution in [0.25, 0.3) is 11.3 Å². The van der Waals surface area contributed by atoms with Crippen LogP contribution in [0.2, 0.25) is 0 Å². The zero-order chi connectivity index (χ0) is 17.1. The molecule has 1 N–H and O–H groups in total. The van der Waals surface area contributed by atoms with Gasteiger partial charge in [-0.05, 0) is 37.3 Å². The van der Waals surface area contributed by atoms with Crippen molar-refractivity contribution in [3.05, 3.63) is 68.7 Å². The smallest absolute Gasteiger partial charge is 0.335 e. The predicted octanol–water partition coefficient (Wildman–Crippen LogP) is 4.93. The van der Waals surface area contributed by atoms with Gasteiger partial charge in [0.15, 0.2) is 4.80 Å². The Kier molecular flexibility index (Phi) is 4.97. The molecule has 0 saturated carbocycles. The van der Waals surface area contributed by atoms with Crippen LogP contribution < -0.4 is 4.80 Å². The summed E-state index contributed by atoms with van der Waals surface area (Å²) in [5.74, 6) is -0.933. The van der Waals surface area contributed by atoms with Crippen LogP contribution in [0.15, 0.2) is 63.4 Å². The highest BCUT2D eigenvalue weighted by atomic mass is 79.9. The molecule has 0 fully saturated rings. The Bertz CT molecular complexity index is 942. The Morgan fingerprint density at radius 2 is 1.92 bits per heavy atom. The van der Waals surface area contributed by atoms with Crippen molar-refractivity contribution in [3.8, 4) is 11.3 Å². The highest BCUT2D eigenvalue weighted by Crippen LogP contribution is 2.28. The molecule has 2 aromatic carbocycles. The van der Waals surface area contributed by atoms with Crippen molar-refractivity contribution in [3.63, 3.8) is 0 Å². The summed E-state index contributed by atoms with van der Waals surface area (Å²) in [5.41, 5.74) is 3.23. The monoisotopic (exact) mass is 402 g/mol. The van der Waals surface area contributed by atoms with E-state index >= 15 is 0 Å². The average Bonchev–Trinajstić information content (AvgIpc) is 2.98. The van der Waals surface area contributed by atoms with Gasteiger partial charge in [-0.3, -0.25) is 0 Å². The molecule has 0 radical (unpaired) electrons. The summed E-state index contributed by atoms with van der Waals surface area (Å²) in [6.07, 6.45) is 0. The van der Waals surface area contributed by atoms with Crippen LogP contribution in [0, 0.1) is 0 Å². The van der Waals surface area contributed by atoms with E-state index in [4.69, 9.17) is 5.11 Å². The van der Waals surface area contributed by atoms with Crippen molar-refractivity contribution in [1.29, 1.82) is 0 Å². The first-order chi connectivity index (χ1) is 11.6. The molecule has 0 atom stereocenters. The number of carboxylic acids is 1. The first-order valence-corrected chi connectivity index (χ1v) is 9.08. The molecule has 122 valence electrons. The van der Waals surface area contributed by atoms with Gasteiger partial charge < -0.3 is 9.67 Å². The van der Waals surface area contributed by atoms with Gasteiger partial charge >= 0.3 is 5.97 Å². The lowest BCUT2D eigenvalue weighted by Crippen LogP contribution is -2.14. The van der Waals surface area contributed by atoms with Crippen molar-refractivity contribution in [1.82, 2.24) is 4.57 Å². The van der Waals surface area contributed by atoms with Crippen molar-refractivity contribution < 1.29 is 9.90 Å². The Morgan fingerprint density at radius 1 is 1.21 bits per heavy atom. The number of carboxylic acid groups (broad SMARTS) is 1. The van der Waals surface area contributed by atoms with E-state index in [0.717, 1.165) is 32.8 Å². The van der Waals surface area contributed by atoms with E-state index < -0.39 is 5.97 Å². The molecule has 0 bridgehead atoms. The molecule has 0 unspecified atom stereocenters. The SMILES string of the molecule is CCn1c(-c2ccccc2Br)csc1=Nc1ccc(C(=O)O)cc1. The number of aromatic nitrogens is 1. The zero-order valence-electron chi connectivity index (χ0n) is 12.9. The van der Waals surface area contributed by atoms with Gasteiger partial charge in [0.05, 0.1) is 16.9 Å². The molecular formula is C18H15BrN2O2S. The molecule has 0 aliphatic heterocycles. The fourth-order valence-electron chi connectivity index (χ4n) is 2.40. The van der Waals surface area contributed by atoms with Gasteiger partial charge in [0, 0.05) is 22.0 Å². The van der Waals surface area contributed by atoms with Crippen molar-refractivity contribution in [2.45, 2.75) is 13.5 Å².